The maximum Gasteiger partial charge on any atom is 0.189 e. The van der Waals surface area contributed by atoms with Crippen LogP contribution in [0, 0.1) is 29.2 Å². The lowest BCUT2D eigenvalue weighted by Crippen LogP contribution is -1.98. The quantitative estimate of drug-likeness (QED) is 0.181. The molecule has 0 saturated heterocycles. The summed E-state index contributed by atoms with van der Waals surface area (Å²) in [7, 11) is 0. The largest absolute Gasteiger partial charge is 0.310 e. The minimum Gasteiger partial charge on any atom is -0.310 e. The second-order valence-electron chi connectivity index (χ2n) is 12.3. The molecule has 0 fully saturated rings. The van der Waals surface area contributed by atoms with Gasteiger partial charge < -0.3 is 9.13 Å². The summed E-state index contributed by atoms with van der Waals surface area (Å²) in [5.41, 5.74) is 11.4. The molecule has 7 aromatic carbocycles. The van der Waals surface area contributed by atoms with Crippen LogP contribution in [0.3, 0.4) is 0 Å². The normalized spacial score (nSPS) is 11.1. The summed E-state index contributed by atoms with van der Waals surface area (Å²) in [5, 5.41) is 24.3. The summed E-state index contributed by atoms with van der Waals surface area (Å²) in [4.78, 5) is 3.77. The minimum absolute atomic E-state index is 0.514. The Bertz CT molecular complexity index is 2900. The standard InChI is InChI=1S/C45H25N5/c1-48-34-17-20-36(45(26-34)50-43-13-7-4-10-39(43)40-24-29(27-46)14-21-44(40)50)33-23-30(28-47)22-32(25-33)31-15-18-35(19-16-31)49-41-11-5-2-8-37(41)38-9-3-6-12-42(38)49/h2-26H. The lowest BCUT2D eigenvalue weighted by molar-refractivity contribution is 1.18. The average Bonchev–Trinajstić information content (AvgIpc) is 3.70. The first-order valence-electron chi connectivity index (χ1n) is 16.2. The fourth-order valence-corrected chi connectivity index (χ4v) is 7.34. The Labute approximate surface area is 288 Å². The second kappa shape index (κ2) is 11.4. The van der Waals surface area contributed by atoms with Gasteiger partial charge in [-0.15, -0.1) is 0 Å². The maximum atomic E-state index is 10.2. The minimum atomic E-state index is 0.514. The van der Waals surface area contributed by atoms with Gasteiger partial charge in [0.2, 0.25) is 0 Å². The van der Waals surface area contributed by atoms with Crippen LogP contribution in [-0.4, -0.2) is 9.13 Å². The number of fused-ring (bicyclic) bond motifs is 6. The Kier molecular flexibility index (Phi) is 6.56. The predicted octanol–water partition coefficient (Wildman–Crippen LogP) is 11.5. The van der Waals surface area contributed by atoms with E-state index in [1.165, 1.54) is 10.8 Å². The zero-order valence-electron chi connectivity index (χ0n) is 26.7. The Hall–Kier alpha value is -7.39. The van der Waals surface area contributed by atoms with Crippen molar-refractivity contribution in [3.05, 3.63) is 174 Å². The van der Waals surface area contributed by atoms with Gasteiger partial charge in [0.15, 0.2) is 5.69 Å². The van der Waals surface area contributed by atoms with E-state index in [4.69, 9.17) is 6.57 Å². The fourth-order valence-electron chi connectivity index (χ4n) is 7.34. The highest BCUT2D eigenvalue weighted by atomic mass is 15.0. The molecule has 2 aromatic heterocycles. The molecule has 0 saturated carbocycles. The van der Waals surface area contributed by atoms with E-state index in [-0.39, 0.29) is 0 Å². The van der Waals surface area contributed by atoms with Gasteiger partial charge in [-0.1, -0.05) is 78.9 Å². The first-order valence-corrected chi connectivity index (χ1v) is 16.2. The molecule has 5 nitrogen and oxygen atoms in total. The van der Waals surface area contributed by atoms with Crippen LogP contribution in [0.25, 0.3) is 82.1 Å². The van der Waals surface area contributed by atoms with Gasteiger partial charge in [0.05, 0.1) is 51.9 Å². The van der Waals surface area contributed by atoms with Gasteiger partial charge in [0, 0.05) is 38.5 Å². The average molecular weight is 636 g/mol. The topological polar surface area (TPSA) is 61.8 Å². The van der Waals surface area contributed by atoms with Crippen LogP contribution >= 0.6 is 0 Å². The molecule has 0 aliphatic carbocycles. The molecule has 0 atom stereocenters. The van der Waals surface area contributed by atoms with Crippen molar-refractivity contribution in [2.45, 2.75) is 0 Å². The molecule has 9 aromatic rings. The summed E-state index contributed by atoms with van der Waals surface area (Å²) >= 11 is 0. The number of hydrogen-bond acceptors (Lipinski definition) is 2. The lowest BCUT2D eigenvalue weighted by Gasteiger charge is -2.16. The summed E-state index contributed by atoms with van der Waals surface area (Å²) in [6.45, 7) is 7.82. The third kappa shape index (κ3) is 4.45. The van der Waals surface area contributed by atoms with Crippen molar-refractivity contribution in [1.29, 1.82) is 10.5 Å². The van der Waals surface area contributed by atoms with E-state index >= 15 is 0 Å². The molecule has 0 aliphatic heterocycles. The molecule has 0 N–H and O–H groups in total. The van der Waals surface area contributed by atoms with Gasteiger partial charge in [-0.05, 0) is 89.5 Å². The van der Waals surface area contributed by atoms with Gasteiger partial charge >= 0.3 is 0 Å². The van der Waals surface area contributed by atoms with E-state index in [2.05, 4.69) is 117 Å². The molecule has 0 spiro atoms. The number of benzene rings is 7. The van der Waals surface area contributed by atoms with Gasteiger partial charge in [-0.3, -0.25) is 0 Å². The number of hydrogen-bond donors (Lipinski definition) is 0. The van der Waals surface area contributed by atoms with Crippen LogP contribution in [0.2, 0.25) is 0 Å². The highest BCUT2D eigenvalue weighted by Crippen LogP contribution is 2.40. The number of aromatic nitrogens is 2. The molecule has 9 rings (SSSR count). The summed E-state index contributed by atoms with van der Waals surface area (Å²) in [6, 6.07) is 55.6. The maximum absolute atomic E-state index is 10.2. The van der Waals surface area contributed by atoms with Crippen LogP contribution in [0.1, 0.15) is 11.1 Å². The van der Waals surface area contributed by atoms with Crippen molar-refractivity contribution in [3.63, 3.8) is 0 Å². The van der Waals surface area contributed by atoms with Crippen molar-refractivity contribution in [1.82, 2.24) is 9.13 Å². The summed E-state index contributed by atoms with van der Waals surface area (Å²) < 4.78 is 4.46. The number of rotatable bonds is 4. The number of nitriles is 2. The first kappa shape index (κ1) is 28.8. The molecule has 230 valence electrons. The highest BCUT2D eigenvalue weighted by molar-refractivity contribution is 6.11. The molecule has 2 heterocycles. The second-order valence-corrected chi connectivity index (χ2v) is 12.3. The summed E-state index contributed by atoms with van der Waals surface area (Å²) in [6.07, 6.45) is 0. The van der Waals surface area contributed by atoms with Crippen LogP contribution in [-0.2, 0) is 0 Å². The first-order chi connectivity index (χ1) is 24.6. The number of para-hydroxylation sites is 3. The van der Waals surface area contributed by atoms with E-state index in [0.29, 0.717) is 16.8 Å². The van der Waals surface area contributed by atoms with Gasteiger partial charge in [-0.25, -0.2) is 4.85 Å². The summed E-state index contributed by atoms with van der Waals surface area (Å²) in [5.74, 6) is 0. The van der Waals surface area contributed by atoms with E-state index in [0.717, 1.165) is 66.5 Å². The predicted molar refractivity (Wildman–Crippen MR) is 202 cm³/mol. The van der Waals surface area contributed by atoms with E-state index in [1.807, 2.05) is 60.7 Å². The molecule has 0 bridgehead atoms. The van der Waals surface area contributed by atoms with Gasteiger partial charge in [0.25, 0.3) is 0 Å². The molecule has 0 unspecified atom stereocenters. The molecular weight excluding hydrogens is 611 g/mol. The van der Waals surface area contributed by atoms with Gasteiger partial charge in [-0.2, -0.15) is 10.5 Å². The van der Waals surface area contributed by atoms with Crippen molar-refractivity contribution < 1.29 is 0 Å². The highest BCUT2D eigenvalue weighted by Gasteiger charge is 2.18. The van der Waals surface area contributed by atoms with E-state index in [1.54, 1.807) is 0 Å². The smallest absolute Gasteiger partial charge is 0.189 e. The molecule has 5 heteroatoms. The molecular formula is C45H25N5. The fraction of sp³-hybridized carbons (Fsp3) is 0. The molecule has 0 amide bonds. The van der Waals surface area contributed by atoms with Crippen LogP contribution in [0.5, 0.6) is 0 Å². The zero-order valence-corrected chi connectivity index (χ0v) is 26.7. The SMILES string of the molecule is [C-]#[N+]c1ccc(-c2cc(C#N)cc(-c3ccc(-n4c5ccccc5c5ccccc54)cc3)c2)c(-n2c3ccccc3c3cc(C#N)ccc32)c1. The van der Waals surface area contributed by atoms with Crippen LogP contribution in [0.15, 0.2) is 152 Å². The number of nitrogens with zero attached hydrogens (tertiary/aromatic N) is 5. The molecule has 0 aliphatic rings. The van der Waals surface area contributed by atoms with Crippen molar-refractivity contribution in [3.8, 4) is 45.8 Å². The molecule has 0 radical (unpaired) electrons. The van der Waals surface area contributed by atoms with Crippen LogP contribution in [0.4, 0.5) is 5.69 Å². The van der Waals surface area contributed by atoms with E-state index < -0.39 is 0 Å². The Balaban J connectivity index is 1.21. The third-order valence-corrected chi connectivity index (χ3v) is 9.57. The zero-order chi connectivity index (χ0) is 33.8. The Morgan fingerprint density at radius 3 is 1.68 bits per heavy atom. The molecule has 50 heavy (non-hydrogen) atoms. The van der Waals surface area contributed by atoms with Crippen molar-refractivity contribution in [2.24, 2.45) is 0 Å². The Morgan fingerprint density at radius 1 is 0.460 bits per heavy atom. The van der Waals surface area contributed by atoms with Gasteiger partial charge in [0.1, 0.15) is 0 Å². The van der Waals surface area contributed by atoms with E-state index in [9.17, 15) is 10.5 Å². The van der Waals surface area contributed by atoms with Crippen molar-refractivity contribution >= 4 is 49.3 Å². The lowest BCUT2D eigenvalue weighted by atomic mass is 9.95. The third-order valence-electron chi connectivity index (χ3n) is 9.57. The monoisotopic (exact) mass is 635 g/mol. The van der Waals surface area contributed by atoms with Crippen molar-refractivity contribution in [2.75, 3.05) is 0 Å². The Morgan fingerprint density at radius 2 is 1.04 bits per heavy atom. The van der Waals surface area contributed by atoms with Crippen LogP contribution < -0.4 is 0 Å².